The molecule has 0 bridgehead atoms. The van der Waals surface area contributed by atoms with E-state index >= 15 is 0 Å². The number of pyridine rings is 2. The Hall–Kier alpha value is -8.81. The van der Waals surface area contributed by atoms with Crippen molar-refractivity contribution >= 4 is 68.8 Å². The van der Waals surface area contributed by atoms with Gasteiger partial charge in [-0.2, -0.15) is 14.7 Å². The van der Waals surface area contributed by atoms with Gasteiger partial charge in [0.05, 0.1) is 22.3 Å². The van der Waals surface area contributed by atoms with Crippen molar-refractivity contribution in [3.63, 3.8) is 0 Å². The van der Waals surface area contributed by atoms with E-state index in [-0.39, 0.29) is 28.1 Å². The monoisotopic (exact) mass is 950 g/mol. The maximum atomic E-state index is 11.3. The van der Waals surface area contributed by atoms with E-state index in [1.807, 2.05) is 30.3 Å². The number of aromatic carboxylic acids is 2. The van der Waals surface area contributed by atoms with Gasteiger partial charge >= 0.3 is 11.9 Å². The molecule has 0 saturated heterocycles. The molecule has 20 heteroatoms. The minimum Gasteiger partial charge on any atom is -0.489 e. The van der Waals surface area contributed by atoms with E-state index in [1.165, 1.54) is 32.8 Å². The van der Waals surface area contributed by atoms with E-state index < -0.39 is 11.9 Å². The van der Waals surface area contributed by atoms with Crippen molar-refractivity contribution in [1.82, 2.24) is 24.7 Å². The Morgan fingerprint density at radius 3 is 1.87 bits per heavy atom. The number of aromatic nitrogens is 5. The quantitative estimate of drug-likeness (QED) is 0.0488. The fourth-order valence-corrected chi connectivity index (χ4v) is 7.49. The summed E-state index contributed by atoms with van der Waals surface area (Å²) in [6.07, 6.45) is 5.04. The van der Waals surface area contributed by atoms with E-state index in [9.17, 15) is 19.5 Å². The summed E-state index contributed by atoms with van der Waals surface area (Å²) >= 11 is 5.89. The molecule has 0 aliphatic carbocycles. The van der Waals surface area contributed by atoms with Crippen LogP contribution in [0.5, 0.6) is 11.5 Å². The summed E-state index contributed by atoms with van der Waals surface area (Å²) in [5.74, 6) is 22.2. The molecule has 0 atom stereocenters. The number of carboxylic acids is 2. The van der Waals surface area contributed by atoms with Gasteiger partial charge in [0.1, 0.15) is 35.8 Å². The molecule has 3 aromatic heterocycles. The number of carbonyl (C=O) groups is 3. The Labute approximate surface area is 399 Å². The molecule has 5 aromatic carbocycles. The van der Waals surface area contributed by atoms with E-state index in [2.05, 4.69) is 76.0 Å². The van der Waals surface area contributed by atoms with Crippen molar-refractivity contribution in [2.45, 2.75) is 46.3 Å². The number of benzene rings is 5. The first kappa shape index (κ1) is 48.1. The number of anilines is 1. The Morgan fingerprint density at radius 2 is 1.29 bits per heavy atom. The Balaban J connectivity index is 0.000000156. The van der Waals surface area contributed by atoms with E-state index in [4.69, 9.17) is 49.6 Å². The van der Waals surface area contributed by atoms with Crippen LogP contribution in [-0.2, 0) is 37.3 Å². The van der Waals surface area contributed by atoms with Crippen LogP contribution in [0.2, 0.25) is 5.02 Å². The second-order valence-corrected chi connectivity index (χ2v) is 15.8. The molecule has 19 nitrogen and oxygen atoms in total. The number of ether oxygens (including phenoxy) is 2. The Morgan fingerprint density at radius 1 is 0.725 bits per heavy atom. The maximum absolute atomic E-state index is 11.3. The van der Waals surface area contributed by atoms with Crippen molar-refractivity contribution in [1.29, 1.82) is 0 Å². The zero-order valence-corrected chi connectivity index (χ0v) is 38.1. The molecule has 1 aliphatic rings. The van der Waals surface area contributed by atoms with Crippen LogP contribution in [0.3, 0.4) is 0 Å². The molecule has 0 saturated carbocycles. The first-order chi connectivity index (χ1) is 33.3. The van der Waals surface area contributed by atoms with E-state index in [1.54, 1.807) is 42.5 Å². The third-order valence-electron chi connectivity index (χ3n) is 11.1. The Bertz CT molecular complexity index is 3330. The molecule has 0 unspecified atom stereocenters. The van der Waals surface area contributed by atoms with Gasteiger partial charge in [-0.1, -0.05) is 92.2 Å². The lowest BCUT2D eigenvalue weighted by molar-refractivity contribution is -0.104. The number of carbonyl (C=O) groups excluding carboxylic acids is 1. The van der Waals surface area contributed by atoms with Gasteiger partial charge in [-0.25, -0.2) is 20.1 Å². The van der Waals surface area contributed by atoms with Gasteiger partial charge in [0.15, 0.2) is 23.3 Å². The average molecular weight is 951 g/mol. The molecule has 9 rings (SSSR count). The highest BCUT2D eigenvalue weighted by Gasteiger charge is 2.22. The molecule has 352 valence electrons. The molecular formula is C49H47ClN12O7. The molecule has 0 amide bonds. The molecule has 0 fully saturated rings. The fourth-order valence-electron chi connectivity index (χ4n) is 7.32. The summed E-state index contributed by atoms with van der Waals surface area (Å²) in [5.41, 5.74) is 8.18. The van der Waals surface area contributed by atoms with E-state index in [0.29, 0.717) is 75.5 Å². The summed E-state index contributed by atoms with van der Waals surface area (Å²) in [5, 5.41) is 39.7. The third kappa shape index (κ3) is 10.9. The molecule has 10 N–H and O–H groups in total. The summed E-state index contributed by atoms with van der Waals surface area (Å²) in [4.78, 5) is 33.7. The van der Waals surface area contributed by atoms with Crippen LogP contribution in [0.1, 0.15) is 62.4 Å². The van der Waals surface area contributed by atoms with Gasteiger partial charge in [0.25, 0.3) is 0 Å². The predicted molar refractivity (Wildman–Crippen MR) is 262 cm³/mol. The number of aldehydes is 1. The standard InChI is InChI=1S/C20H22N4O2.C19H20N4O3.C10H5ClN4O2/c1-2-14-3-5-15(6-4-14)13-26-18-10-9-16-7-8-17(12-25)20(23-21)24(22)19(16)11-18;1-2-12-3-5-13(6-4-12)11-26-15-8-7-14-9-16(19(24)25)18(22-20)23(21)17(14)10-15;11-6-2-1-5-3-7(10(16)17)9-12-13-14-15(9)8(5)4-6/h3-6,8-12H,2,7,13,21-22H2,1H3;3-10H,2,11,20-21H2,1H3,(H,24,25);1-4H,(H,16,17)/b23-20-;22-18-;. The second kappa shape index (κ2) is 21.7. The number of nitrogens with two attached hydrogens (primary N) is 4. The average Bonchev–Trinajstić information content (AvgIpc) is 3.82. The molecule has 0 spiro atoms. The Kier molecular flexibility index (Phi) is 15.1. The second-order valence-electron chi connectivity index (χ2n) is 15.4. The number of hydrogen-bond donors (Lipinski definition) is 6. The minimum absolute atomic E-state index is 0.0164. The number of hydrazone groups is 1. The number of amidine groups is 1. The molecule has 69 heavy (non-hydrogen) atoms. The number of halogens is 1. The molecule has 8 aromatic rings. The van der Waals surface area contributed by atoms with Crippen LogP contribution in [0.25, 0.3) is 27.5 Å². The number of nitrogens with zero attached hydrogens (tertiary/aromatic N) is 8. The van der Waals surface area contributed by atoms with Crippen LogP contribution in [0, 0.1) is 0 Å². The number of hydrogen-bond acceptors (Lipinski definition) is 14. The van der Waals surface area contributed by atoms with Gasteiger partial charge in [-0.15, -0.1) is 5.10 Å². The minimum atomic E-state index is -1.15. The van der Waals surface area contributed by atoms with Crippen molar-refractivity contribution in [2.24, 2.45) is 27.7 Å². The molecule has 4 heterocycles. The van der Waals surface area contributed by atoms with Crippen LogP contribution >= 0.6 is 11.6 Å². The number of allylic oxidation sites excluding steroid dienone is 1. The highest BCUT2D eigenvalue weighted by Crippen LogP contribution is 2.30. The summed E-state index contributed by atoms with van der Waals surface area (Å²) in [6.45, 7) is 5.12. The van der Waals surface area contributed by atoms with Gasteiger partial charge in [-0.3, -0.25) is 9.80 Å². The lowest BCUT2D eigenvalue weighted by atomic mass is 10.1. The summed E-state index contributed by atoms with van der Waals surface area (Å²) in [7, 11) is 0. The molecule has 0 radical (unpaired) electrons. The first-order valence-corrected chi connectivity index (χ1v) is 21.7. The number of aryl methyl sites for hydroxylation is 2. The van der Waals surface area contributed by atoms with Crippen LogP contribution < -0.4 is 43.3 Å². The number of nitrogen functional groups attached to an aromatic ring is 1. The van der Waals surface area contributed by atoms with E-state index in [0.717, 1.165) is 34.2 Å². The number of fused-ring (bicyclic) bond motifs is 5. The highest BCUT2D eigenvalue weighted by atomic mass is 35.5. The first-order valence-electron chi connectivity index (χ1n) is 21.3. The topological polar surface area (TPSA) is 290 Å². The number of tetrazole rings is 1. The van der Waals surface area contributed by atoms with Crippen LogP contribution in [0.4, 0.5) is 5.69 Å². The highest BCUT2D eigenvalue weighted by molar-refractivity contribution is 6.31. The molecular weight excluding hydrogens is 904 g/mol. The predicted octanol–water partition coefficient (Wildman–Crippen LogP) is 6.06. The van der Waals surface area contributed by atoms with Crippen molar-refractivity contribution < 1.29 is 34.1 Å². The van der Waals surface area contributed by atoms with Crippen LogP contribution in [-0.4, -0.2) is 59.0 Å². The van der Waals surface area contributed by atoms with Gasteiger partial charge < -0.3 is 37.2 Å². The van der Waals surface area contributed by atoms with Crippen LogP contribution in [0.15, 0.2) is 137 Å². The molecule has 1 aliphatic heterocycles. The van der Waals surface area contributed by atoms with Crippen molar-refractivity contribution in [3.05, 3.63) is 176 Å². The number of hydrazine groups is 1. The largest absolute Gasteiger partial charge is 0.489 e. The number of rotatable bonds is 11. The zero-order chi connectivity index (χ0) is 49.2. The SMILES string of the molecule is CCc1ccc(COc2ccc3c(c2)N(N)/C(=N\N)C(C=O)=CC3)cc1.CCc1ccc(COc2ccc3cc(C(=O)O)/c(=N/N)n(N)c3c2)cc1.O=C(O)c1cc2ccc(Cl)cc2n2nnnc12. The third-order valence-corrected chi connectivity index (χ3v) is 11.3. The van der Waals surface area contributed by atoms with Gasteiger partial charge in [0.2, 0.25) is 0 Å². The lowest BCUT2D eigenvalue weighted by Crippen LogP contribution is -2.39. The van der Waals surface area contributed by atoms with Gasteiger partial charge in [-0.05, 0) is 100.0 Å². The summed E-state index contributed by atoms with van der Waals surface area (Å²) in [6, 6.07) is 35.6. The lowest BCUT2D eigenvalue weighted by Gasteiger charge is -2.21. The van der Waals surface area contributed by atoms with Gasteiger partial charge in [0, 0.05) is 27.9 Å². The maximum Gasteiger partial charge on any atom is 0.339 e. The smallest absolute Gasteiger partial charge is 0.339 e. The fraction of sp³-hybridized carbons (Fsp3) is 0.143. The summed E-state index contributed by atoms with van der Waals surface area (Å²) < 4.78 is 14.3. The normalized spacial score (nSPS) is 12.9. The number of carboxylic acid groups (broad SMARTS) is 2. The zero-order valence-electron chi connectivity index (χ0n) is 37.4. The van der Waals surface area contributed by atoms with Crippen molar-refractivity contribution in [2.75, 3.05) is 10.9 Å². The van der Waals surface area contributed by atoms with Crippen molar-refractivity contribution in [3.8, 4) is 11.5 Å².